The highest BCUT2D eigenvalue weighted by Gasteiger charge is 2.24. The summed E-state index contributed by atoms with van der Waals surface area (Å²) in [5, 5.41) is 22.8. The van der Waals surface area contributed by atoms with Crippen LogP contribution in [0.15, 0.2) is 36.0 Å². The molecule has 1 aromatic heterocycles. The lowest BCUT2D eigenvalue weighted by atomic mass is 10.1. The fourth-order valence-electron chi connectivity index (χ4n) is 2.55. The first kappa shape index (κ1) is 15.1. The molecule has 2 heterocycles. The number of hydrogen-bond donors (Lipinski definition) is 1. The first-order valence-corrected chi connectivity index (χ1v) is 7.37. The van der Waals surface area contributed by atoms with Gasteiger partial charge >= 0.3 is 0 Å². The van der Waals surface area contributed by atoms with Crippen molar-refractivity contribution in [3.05, 3.63) is 46.5 Å². The van der Waals surface area contributed by atoms with Crippen LogP contribution < -0.4 is 9.80 Å². The molecule has 1 aliphatic heterocycles. The number of aromatic nitrogens is 3. The Kier molecular flexibility index (Phi) is 4.29. The van der Waals surface area contributed by atoms with Crippen molar-refractivity contribution in [1.29, 1.82) is 0 Å². The van der Waals surface area contributed by atoms with E-state index >= 15 is 0 Å². The minimum absolute atomic E-state index is 0.109. The van der Waals surface area contributed by atoms with Crippen molar-refractivity contribution in [2.45, 2.75) is 0 Å². The molecular formula is C14H18N7O2+. The lowest BCUT2D eigenvalue weighted by Crippen LogP contribution is -3.12. The molecule has 0 amide bonds. The maximum Gasteiger partial charge on any atom is 0.293 e. The molecule has 0 radical (unpaired) electrons. The van der Waals surface area contributed by atoms with Crippen LogP contribution in [0, 0.1) is 10.1 Å². The largest absolute Gasteiger partial charge is 0.355 e. The van der Waals surface area contributed by atoms with Crippen molar-refractivity contribution in [2.24, 2.45) is 5.10 Å². The Bertz CT molecular complexity index is 706. The van der Waals surface area contributed by atoms with Crippen molar-refractivity contribution >= 4 is 17.6 Å². The summed E-state index contributed by atoms with van der Waals surface area (Å²) in [6.45, 7) is 3.60. The molecule has 0 unspecified atom stereocenters. The lowest BCUT2D eigenvalue weighted by Gasteiger charge is -2.31. The number of benzene rings is 1. The van der Waals surface area contributed by atoms with Crippen molar-refractivity contribution in [2.75, 3.05) is 38.1 Å². The number of rotatable bonds is 4. The second-order valence-corrected chi connectivity index (χ2v) is 5.54. The second-order valence-electron chi connectivity index (χ2n) is 5.54. The molecule has 9 nitrogen and oxygen atoms in total. The van der Waals surface area contributed by atoms with E-state index in [1.54, 1.807) is 18.3 Å². The molecular weight excluding hydrogens is 298 g/mol. The van der Waals surface area contributed by atoms with Crippen molar-refractivity contribution in [3.63, 3.8) is 0 Å². The van der Waals surface area contributed by atoms with Gasteiger partial charge in [0.05, 0.1) is 44.4 Å². The first-order chi connectivity index (χ1) is 11.1. The van der Waals surface area contributed by atoms with Crippen molar-refractivity contribution in [3.8, 4) is 0 Å². The number of nitro groups is 1. The molecule has 0 saturated carbocycles. The molecule has 3 rings (SSSR count). The van der Waals surface area contributed by atoms with E-state index in [9.17, 15) is 10.1 Å². The maximum atomic E-state index is 11.4. The summed E-state index contributed by atoms with van der Waals surface area (Å²) < 4.78 is 1.43. The number of quaternary nitrogens is 1. The summed E-state index contributed by atoms with van der Waals surface area (Å²) >= 11 is 0. The molecule has 0 atom stereocenters. The van der Waals surface area contributed by atoms with Crippen LogP contribution in [0.3, 0.4) is 0 Å². The Morgan fingerprint density at radius 3 is 2.65 bits per heavy atom. The molecule has 23 heavy (non-hydrogen) atoms. The van der Waals surface area contributed by atoms with Crippen LogP contribution in [-0.4, -0.2) is 59.2 Å². The Hall–Kier alpha value is -2.81. The number of nitrogens with zero attached hydrogens (tertiary/aromatic N) is 6. The Balaban J connectivity index is 1.85. The highest BCUT2D eigenvalue weighted by atomic mass is 16.6. The molecule has 9 heteroatoms. The molecule has 0 bridgehead atoms. The molecule has 0 spiro atoms. The SMILES string of the molecule is C[NH+]1CCN(c2ccc(C=Nn3cnnc3)cc2[N+](=O)[O-])CC1. The number of nitrogens with one attached hydrogen (secondary N) is 1. The van der Waals surface area contributed by atoms with E-state index in [4.69, 9.17) is 0 Å². The molecule has 0 aliphatic carbocycles. The monoisotopic (exact) mass is 316 g/mol. The zero-order chi connectivity index (χ0) is 16.2. The predicted molar refractivity (Wildman–Crippen MR) is 84.9 cm³/mol. The summed E-state index contributed by atoms with van der Waals surface area (Å²) in [4.78, 5) is 14.6. The fourth-order valence-corrected chi connectivity index (χ4v) is 2.55. The molecule has 1 N–H and O–H groups in total. The third kappa shape index (κ3) is 3.51. The summed E-state index contributed by atoms with van der Waals surface area (Å²) in [6, 6.07) is 5.18. The predicted octanol–water partition coefficient (Wildman–Crippen LogP) is -0.597. The molecule has 1 fully saturated rings. The summed E-state index contributed by atoms with van der Waals surface area (Å²) in [5.74, 6) is 0. The van der Waals surface area contributed by atoms with Gasteiger partial charge < -0.3 is 9.80 Å². The molecule has 2 aromatic rings. The third-order valence-electron chi connectivity index (χ3n) is 3.90. The highest BCUT2D eigenvalue weighted by molar-refractivity contribution is 5.83. The third-order valence-corrected chi connectivity index (χ3v) is 3.90. The first-order valence-electron chi connectivity index (χ1n) is 7.37. The van der Waals surface area contributed by atoms with Crippen molar-refractivity contribution in [1.82, 2.24) is 14.9 Å². The van der Waals surface area contributed by atoms with Gasteiger partial charge in [0.1, 0.15) is 18.3 Å². The van der Waals surface area contributed by atoms with Crippen LogP contribution in [-0.2, 0) is 0 Å². The van der Waals surface area contributed by atoms with Crippen LogP contribution in [0.2, 0.25) is 0 Å². The molecule has 1 saturated heterocycles. The standard InChI is InChI=1S/C14H17N7O2/c1-18-4-6-19(7-5-18)13-3-2-12(8-14(13)21(22)23)9-17-20-10-15-16-11-20/h2-3,8-11H,4-7H2,1H3/p+1. The van der Waals surface area contributed by atoms with E-state index in [1.807, 2.05) is 6.07 Å². The van der Waals surface area contributed by atoms with E-state index in [-0.39, 0.29) is 10.6 Å². The average Bonchev–Trinajstić information content (AvgIpc) is 3.07. The number of anilines is 1. The van der Waals surface area contributed by atoms with Gasteiger partial charge in [0.25, 0.3) is 5.69 Å². The van der Waals surface area contributed by atoms with Gasteiger partial charge in [-0.25, -0.2) is 4.68 Å². The minimum Gasteiger partial charge on any atom is -0.355 e. The number of piperazine rings is 1. The Morgan fingerprint density at radius 2 is 2.00 bits per heavy atom. The van der Waals surface area contributed by atoms with E-state index < -0.39 is 0 Å². The van der Waals surface area contributed by atoms with E-state index in [1.165, 1.54) is 22.2 Å². The smallest absolute Gasteiger partial charge is 0.293 e. The zero-order valence-corrected chi connectivity index (χ0v) is 12.8. The fraction of sp³-hybridized carbons (Fsp3) is 0.357. The Morgan fingerprint density at radius 1 is 1.30 bits per heavy atom. The van der Waals surface area contributed by atoms with Gasteiger partial charge in [-0.1, -0.05) is 6.07 Å². The minimum atomic E-state index is -0.337. The van der Waals surface area contributed by atoms with Crippen LogP contribution >= 0.6 is 0 Å². The summed E-state index contributed by atoms with van der Waals surface area (Å²) in [5.41, 5.74) is 1.44. The maximum absolute atomic E-state index is 11.4. The number of likely N-dealkylation sites (N-methyl/N-ethyl adjacent to an activating group) is 1. The Labute approximate surface area is 133 Å². The summed E-state index contributed by atoms with van der Waals surface area (Å²) in [6.07, 6.45) is 4.45. The number of nitro benzene ring substituents is 1. The van der Waals surface area contributed by atoms with Crippen LogP contribution in [0.1, 0.15) is 5.56 Å². The van der Waals surface area contributed by atoms with Crippen LogP contribution in [0.25, 0.3) is 0 Å². The molecule has 120 valence electrons. The van der Waals surface area contributed by atoms with Gasteiger partial charge in [-0.3, -0.25) is 10.1 Å². The zero-order valence-electron chi connectivity index (χ0n) is 12.8. The van der Waals surface area contributed by atoms with Gasteiger partial charge in [0.15, 0.2) is 0 Å². The van der Waals surface area contributed by atoms with E-state index in [0.717, 1.165) is 26.2 Å². The second kappa shape index (κ2) is 6.53. The van der Waals surface area contributed by atoms with Gasteiger partial charge in [-0.15, -0.1) is 10.2 Å². The molecule has 1 aliphatic rings. The summed E-state index contributed by atoms with van der Waals surface area (Å²) in [7, 11) is 2.14. The average molecular weight is 316 g/mol. The van der Waals surface area contributed by atoms with Crippen molar-refractivity contribution < 1.29 is 9.82 Å². The van der Waals surface area contributed by atoms with Crippen LogP contribution in [0.4, 0.5) is 11.4 Å². The topological polar surface area (TPSA) is 93.9 Å². The normalized spacial score (nSPS) is 16.1. The van der Waals surface area contributed by atoms with Gasteiger partial charge in [0, 0.05) is 11.6 Å². The van der Waals surface area contributed by atoms with Crippen LogP contribution in [0.5, 0.6) is 0 Å². The van der Waals surface area contributed by atoms with E-state index in [2.05, 4.69) is 27.2 Å². The molecule has 1 aromatic carbocycles. The van der Waals surface area contributed by atoms with Gasteiger partial charge in [-0.05, 0) is 6.07 Å². The quantitative estimate of drug-likeness (QED) is 0.462. The van der Waals surface area contributed by atoms with Gasteiger partial charge in [0.2, 0.25) is 0 Å². The van der Waals surface area contributed by atoms with Gasteiger partial charge in [-0.2, -0.15) is 5.10 Å². The van der Waals surface area contributed by atoms with E-state index in [0.29, 0.717) is 11.3 Å². The highest BCUT2D eigenvalue weighted by Crippen LogP contribution is 2.28. The lowest BCUT2D eigenvalue weighted by molar-refractivity contribution is -0.880. The number of hydrogen-bond acceptors (Lipinski definition) is 6.